The maximum absolute atomic E-state index is 4.85. The smallest absolute Gasteiger partial charge is 0.191 e. The van der Waals surface area contributed by atoms with Crippen molar-refractivity contribution in [3.63, 3.8) is 0 Å². The number of nitrogens with zero attached hydrogens (tertiary/aromatic N) is 5. The number of aliphatic imine (C=N–C) groups is 1. The Balaban J connectivity index is 0.00000289. The van der Waals surface area contributed by atoms with E-state index >= 15 is 0 Å². The zero-order valence-electron chi connectivity index (χ0n) is 19.0. The summed E-state index contributed by atoms with van der Waals surface area (Å²) >= 11 is 0. The number of piperidine rings is 1. The first-order chi connectivity index (χ1) is 15.2. The average Bonchev–Trinajstić information content (AvgIpc) is 3.21. The van der Waals surface area contributed by atoms with Crippen LogP contribution in [0.1, 0.15) is 50.1 Å². The van der Waals surface area contributed by atoms with Gasteiger partial charge in [-0.1, -0.05) is 36.8 Å². The van der Waals surface area contributed by atoms with Crippen LogP contribution in [0.3, 0.4) is 0 Å². The third-order valence-electron chi connectivity index (χ3n) is 5.98. The quantitative estimate of drug-likeness (QED) is 0.266. The predicted molar refractivity (Wildman–Crippen MR) is 140 cm³/mol. The Hall–Kier alpha value is -2.20. The molecule has 0 spiro atoms. The van der Waals surface area contributed by atoms with Crippen molar-refractivity contribution >= 4 is 35.6 Å². The predicted octanol–water partition coefficient (Wildman–Crippen LogP) is 3.98. The number of guanidine groups is 1. The Morgan fingerprint density at radius 2 is 1.88 bits per heavy atom. The van der Waals surface area contributed by atoms with Crippen molar-refractivity contribution in [2.75, 3.05) is 13.1 Å². The Morgan fingerprint density at radius 1 is 1.06 bits per heavy atom. The Kier molecular flexibility index (Phi) is 9.28. The number of hydrogen-bond acceptors (Lipinski definition) is 4. The number of benzene rings is 1. The van der Waals surface area contributed by atoms with Crippen molar-refractivity contribution < 1.29 is 0 Å². The van der Waals surface area contributed by atoms with Gasteiger partial charge in [-0.3, -0.25) is 9.30 Å². The van der Waals surface area contributed by atoms with Gasteiger partial charge in [0.15, 0.2) is 17.4 Å². The van der Waals surface area contributed by atoms with Crippen LogP contribution in [-0.4, -0.2) is 44.6 Å². The van der Waals surface area contributed by atoms with E-state index in [0.29, 0.717) is 19.1 Å². The normalized spacial score (nSPS) is 17.2. The molecule has 8 heteroatoms. The molecule has 0 aliphatic carbocycles. The molecule has 2 aromatic heterocycles. The van der Waals surface area contributed by atoms with Crippen molar-refractivity contribution in [3.8, 4) is 0 Å². The van der Waals surface area contributed by atoms with Gasteiger partial charge in [0.1, 0.15) is 0 Å². The number of likely N-dealkylation sites (tertiary alicyclic amines) is 1. The molecule has 0 amide bonds. The fourth-order valence-electron chi connectivity index (χ4n) is 4.16. The SMILES string of the molecule is CCNC(=NCc1ccccc1CN1CCCCC1C)NCc1nnc2ccccn12.I. The van der Waals surface area contributed by atoms with Crippen LogP contribution < -0.4 is 10.6 Å². The van der Waals surface area contributed by atoms with E-state index < -0.39 is 0 Å². The molecule has 0 bridgehead atoms. The Labute approximate surface area is 207 Å². The minimum atomic E-state index is 0. The largest absolute Gasteiger partial charge is 0.357 e. The third-order valence-corrected chi connectivity index (χ3v) is 5.98. The summed E-state index contributed by atoms with van der Waals surface area (Å²) in [6.07, 6.45) is 5.93. The van der Waals surface area contributed by atoms with Crippen LogP contribution in [0.25, 0.3) is 5.65 Å². The van der Waals surface area contributed by atoms with Crippen LogP contribution in [0.4, 0.5) is 0 Å². The lowest BCUT2D eigenvalue weighted by molar-refractivity contribution is 0.152. The molecule has 1 fully saturated rings. The minimum absolute atomic E-state index is 0. The van der Waals surface area contributed by atoms with E-state index in [2.05, 4.69) is 63.8 Å². The number of rotatable bonds is 7. The van der Waals surface area contributed by atoms with Gasteiger partial charge < -0.3 is 10.6 Å². The van der Waals surface area contributed by atoms with E-state index in [1.165, 1.54) is 36.9 Å². The summed E-state index contributed by atoms with van der Waals surface area (Å²) in [4.78, 5) is 7.46. The van der Waals surface area contributed by atoms with Gasteiger partial charge in [-0.15, -0.1) is 34.2 Å². The molecule has 1 saturated heterocycles. The van der Waals surface area contributed by atoms with Gasteiger partial charge in [0.05, 0.1) is 13.1 Å². The molecular formula is C24H34IN7. The van der Waals surface area contributed by atoms with E-state index in [1.807, 2.05) is 28.8 Å². The fraction of sp³-hybridized carbons (Fsp3) is 0.458. The van der Waals surface area contributed by atoms with Gasteiger partial charge in [-0.05, 0) is 56.5 Å². The van der Waals surface area contributed by atoms with E-state index in [9.17, 15) is 0 Å². The monoisotopic (exact) mass is 547 g/mol. The summed E-state index contributed by atoms with van der Waals surface area (Å²) in [6.45, 7) is 8.63. The van der Waals surface area contributed by atoms with Crippen LogP contribution in [0.2, 0.25) is 0 Å². The zero-order valence-corrected chi connectivity index (χ0v) is 21.3. The molecule has 3 heterocycles. The first-order valence-corrected chi connectivity index (χ1v) is 11.4. The Morgan fingerprint density at radius 3 is 2.69 bits per heavy atom. The van der Waals surface area contributed by atoms with Gasteiger partial charge >= 0.3 is 0 Å². The van der Waals surface area contributed by atoms with Crippen molar-refractivity contribution in [2.24, 2.45) is 4.99 Å². The lowest BCUT2D eigenvalue weighted by Crippen LogP contribution is -2.37. The maximum atomic E-state index is 4.85. The van der Waals surface area contributed by atoms with E-state index in [-0.39, 0.29) is 24.0 Å². The first-order valence-electron chi connectivity index (χ1n) is 11.4. The standard InChI is InChI=1S/C24H33N7.HI/c1-3-25-24(27-17-23-29-28-22-13-7-9-15-31(22)23)26-16-20-11-4-5-12-21(20)18-30-14-8-6-10-19(30)2;/h4-5,7,9,11-13,15,19H,3,6,8,10,14,16-18H2,1-2H3,(H2,25,26,27);1H. The summed E-state index contributed by atoms with van der Waals surface area (Å²) < 4.78 is 1.99. The van der Waals surface area contributed by atoms with Gasteiger partial charge in [0.25, 0.3) is 0 Å². The van der Waals surface area contributed by atoms with Crippen molar-refractivity contribution in [1.29, 1.82) is 0 Å². The molecule has 1 aliphatic heterocycles. The number of aromatic nitrogens is 3. The van der Waals surface area contributed by atoms with Crippen molar-refractivity contribution in [2.45, 2.75) is 58.8 Å². The molecule has 7 nitrogen and oxygen atoms in total. The molecular weight excluding hydrogens is 513 g/mol. The fourth-order valence-corrected chi connectivity index (χ4v) is 4.16. The summed E-state index contributed by atoms with van der Waals surface area (Å²) in [5, 5.41) is 15.3. The van der Waals surface area contributed by atoms with Gasteiger partial charge in [-0.25, -0.2) is 4.99 Å². The highest BCUT2D eigenvalue weighted by molar-refractivity contribution is 14.0. The summed E-state index contributed by atoms with van der Waals surface area (Å²) in [5.41, 5.74) is 3.51. The second-order valence-electron chi connectivity index (χ2n) is 8.18. The van der Waals surface area contributed by atoms with Crippen LogP contribution >= 0.6 is 24.0 Å². The van der Waals surface area contributed by atoms with Crippen LogP contribution in [0.15, 0.2) is 53.7 Å². The molecule has 1 aliphatic rings. The lowest BCUT2D eigenvalue weighted by atomic mass is 10.0. The topological polar surface area (TPSA) is 69.8 Å². The van der Waals surface area contributed by atoms with Crippen LogP contribution in [0, 0.1) is 0 Å². The number of pyridine rings is 1. The average molecular weight is 547 g/mol. The molecule has 1 aromatic carbocycles. The first kappa shape index (κ1) is 24.4. The third kappa shape index (κ3) is 6.19. The number of nitrogens with one attached hydrogen (secondary N) is 2. The molecule has 32 heavy (non-hydrogen) atoms. The molecule has 0 radical (unpaired) electrons. The minimum Gasteiger partial charge on any atom is -0.357 e. The molecule has 1 unspecified atom stereocenters. The van der Waals surface area contributed by atoms with Gasteiger partial charge in [0.2, 0.25) is 0 Å². The highest BCUT2D eigenvalue weighted by atomic mass is 127. The number of halogens is 1. The lowest BCUT2D eigenvalue weighted by Gasteiger charge is -2.33. The van der Waals surface area contributed by atoms with Gasteiger partial charge in [0, 0.05) is 25.3 Å². The van der Waals surface area contributed by atoms with Crippen LogP contribution in [-0.2, 0) is 19.6 Å². The molecule has 2 N–H and O–H groups in total. The molecule has 172 valence electrons. The zero-order chi connectivity index (χ0) is 21.5. The molecule has 1 atom stereocenters. The number of hydrogen-bond donors (Lipinski definition) is 2. The molecule has 0 saturated carbocycles. The summed E-state index contributed by atoms with van der Waals surface area (Å²) in [7, 11) is 0. The summed E-state index contributed by atoms with van der Waals surface area (Å²) in [5.74, 6) is 1.65. The Bertz CT molecular complexity index is 1020. The molecule has 4 rings (SSSR count). The maximum Gasteiger partial charge on any atom is 0.191 e. The van der Waals surface area contributed by atoms with E-state index in [0.717, 1.165) is 30.5 Å². The highest BCUT2D eigenvalue weighted by Gasteiger charge is 2.19. The van der Waals surface area contributed by atoms with E-state index in [4.69, 9.17) is 4.99 Å². The summed E-state index contributed by atoms with van der Waals surface area (Å²) in [6, 6.07) is 15.2. The molecule has 3 aromatic rings. The van der Waals surface area contributed by atoms with Crippen LogP contribution in [0.5, 0.6) is 0 Å². The van der Waals surface area contributed by atoms with Gasteiger partial charge in [-0.2, -0.15) is 0 Å². The van der Waals surface area contributed by atoms with Crippen molar-refractivity contribution in [3.05, 3.63) is 65.6 Å². The second-order valence-corrected chi connectivity index (χ2v) is 8.18. The van der Waals surface area contributed by atoms with Crippen molar-refractivity contribution in [1.82, 2.24) is 30.1 Å². The van der Waals surface area contributed by atoms with E-state index in [1.54, 1.807) is 0 Å². The number of fused-ring (bicyclic) bond motifs is 1. The highest BCUT2D eigenvalue weighted by Crippen LogP contribution is 2.21. The second kappa shape index (κ2) is 12.2.